The van der Waals surface area contributed by atoms with Crippen LogP contribution >= 0.6 is 11.6 Å². The van der Waals surface area contributed by atoms with Crippen LogP contribution in [0.3, 0.4) is 0 Å². The van der Waals surface area contributed by atoms with Crippen molar-refractivity contribution < 1.29 is 17.2 Å². The van der Waals surface area contributed by atoms with Crippen LogP contribution < -0.4 is 0 Å². The molecule has 0 unspecified atom stereocenters. The molecule has 0 fully saturated rings. The maximum atomic E-state index is 14.3. The second-order valence-corrected chi connectivity index (χ2v) is 8.17. The lowest BCUT2D eigenvalue weighted by molar-refractivity contribution is 0.588. The summed E-state index contributed by atoms with van der Waals surface area (Å²) < 4.78 is 55.2. The Morgan fingerprint density at radius 2 is 1.79 bits per heavy atom. The minimum atomic E-state index is -4.07. The monoisotopic (exact) mass is 420 g/mol. The van der Waals surface area contributed by atoms with Gasteiger partial charge in [0.05, 0.1) is 17.3 Å². The van der Waals surface area contributed by atoms with E-state index in [2.05, 4.69) is 15.0 Å². The lowest BCUT2D eigenvalue weighted by Crippen LogP contribution is -2.12. The molecule has 3 heterocycles. The number of benzene rings is 1. The molecule has 0 aliphatic heterocycles. The van der Waals surface area contributed by atoms with Gasteiger partial charge in [0, 0.05) is 17.1 Å². The molecule has 0 amide bonds. The average Bonchev–Trinajstić information content (AvgIpc) is 3.03. The first-order chi connectivity index (χ1) is 13.3. The van der Waals surface area contributed by atoms with Crippen LogP contribution in [0.2, 0.25) is 5.28 Å². The highest BCUT2D eigenvalue weighted by Crippen LogP contribution is 2.33. The van der Waals surface area contributed by atoms with E-state index in [9.17, 15) is 17.2 Å². The maximum absolute atomic E-state index is 14.3. The van der Waals surface area contributed by atoms with E-state index in [0.717, 1.165) is 34.2 Å². The third kappa shape index (κ3) is 3.02. The van der Waals surface area contributed by atoms with Crippen LogP contribution in [0.4, 0.5) is 8.78 Å². The van der Waals surface area contributed by atoms with Gasteiger partial charge in [-0.1, -0.05) is 17.7 Å². The first-order valence-corrected chi connectivity index (χ1v) is 9.76. The van der Waals surface area contributed by atoms with Crippen molar-refractivity contribution in [1.29, 1.82) is 0 Å². The van der Waals surface area contributed by atoms with E-state index >= 15 is 0 Å². The van der Waals surface area contributed by atoms with Crippen molar-refractivity contribution in [2.45, 2.75) is 11.8 Å². The summed E-state index contributed by atoms with van der Waals surface area (Å²) in [6, 6.07) is 7.25. The van der Waals surface area contributed by atoms with Gasteiger partial charge in [0.2, 0.25) is 5.28 Å². The van der Waals surface area contributed by atoms with Gasteiger partial charge in [0.1, 0.15) is 11.5 Å². The lowest BCUT2D eigenvalue weighted by atomic mass is 10.1. The SMILES string of the molecule is Cc1ccc(S(=O)(=O)n2cc(-c3nc(Cl)ncc3F)c3cc(F)cnc32)cc1. The van der Waals surface area contributed by atoms with E-state index < -0.39 is 21.7 Å². The highest BCUT2D eigenvalue weighted by molar-refractivity contribution is 7.90. The Labute approximate surface area is 163 Å². The molecule has 28 heavy (non-hydrogen) atoms. The first kappa shape index (κ1) is 18.5. The Morgan fingerprint density at radius 3 is 2.50 bits per heavy atom. The van der Waals surface area contributed by atoms with Gasteiger partial charge in [-0.15, -0.1) is 0 Å². The molecule has 0 aliphatic carbocycles. The molecule has 0 aliphatic rings. The molecule has 6 nitrogen and oxygen atoms in total. The summed E-state index contributed by atoms with van der Waals surface area (Å²) >= 11 is 5.75. The van der Waals surface area contributed by atoms with Crippen molar-refractivity contribution in [2.24, 2.45) is 0 Å². The molecule has 0 saturated heterocycles. The highest BCUT2D eigenvalue weighted by Gasteiger charge is 2.25. The fourth-order valence-corrected chi connectivity index (χ4v) is 4.24. The molecule has 0 N–H and O–H groups in total. The number of halogens is 3. The predicted octanol–water partition coefficient (Wildman–Crippen LogP) is 3.97. The third-order valence-electron chi connectivity index (χ3n) is 4.13. The van der Waals surface area contributed by atoms with E-state index in [1.54, 1.807) is 12.1 Å². The van der Waals surface area contributed by atoms with E-state index in [1.165, 1.54) is 12.1 Å². The Bertz CT molecular complexity index is 1320. The van der Waals surface area contributed by atoms with Crippen LogP contribution in [-0.2, 0) is 10.0 Å². The largest absolute Gasteiger partial charge is 0.269 e. The summed E-state index contributed by atoms with van der Waals surface area (Å²) in [6.07, 6.45) is 2.89. The molecule has 0 atom stereocenters. The smallest absolute Gasteiger partial charge is 0.234 e. The molecule has 4 aromatic rings. The number of hydrogen-bond donors (Lipinski definition) is 0. The van der Waals surface area contributed by atoms with Crippen molar-refractivity contribution in [3.05, 3.63) is 71.4 Å². The van der Waals surface area contributed by atoms with Gasteiger partial charge in [-0.25, -0.2) is 36.1 Å². The zero-order valence-electron chi connectivity index (χ0n) is 14.3. The number of pyridine rings is 1. The topological polar surface area (TPSA) is 77.7 Å². The summed E-state index contributed by atoms with van der Waals surface area (Å²) in [4.78, 5) is 11.3. The molecule has 1 aromatic carbocycles. The quantitative estimate of drug-likeness (QED) is 0.469. The van der Waals surface area contributed by atoms with Gasteiger partial charge < -0.3 is 0 Å². The Hall–Kier alpha value is -2.91. The van der Waals surface area contributed by atoms with Gasteiger partial charge >= 0.3 is 0 Å². The standard InChI is InChI=1S/C18H11ClF2N4O2S/c1-10-2-4-12(5-3-10)28(26,27)25-9-14(13-6-11(20)7-22-17(13)25)16-15(21)8-23-18(19)24-16/h2-9H,1H3. The first-order valence-electron chi connectivity index (χ1n) is 7.94. The molecule has 4 rings (SSSR count). The van der Waals surface area contributed by atoms with E-state index in [-0.39, 0.29) is 32.5 Å². The summed E-state index contributed by atoms with van der Waals surface area (Å²) in [5.74, 6) is -1.54. The highest BCUT2D eigenvalue weighted by atomic mass is 35.5. The summed E-state index contributed by atoms with van der Waals surface area (Å²) in [6.45, 7) is 1.82. The van der Waals surface area contributed by atoms with Gasteiger partial charge in [-0.2, -0.15) is 0 Å². The van der Waals surface area contributed by atoms with E-state index in [0.29, 0.717) is 0 Å². The van der Waals surface area contributed by atoms with Crippen LogP contribution in [0.25, 0.3) is 22.3 Å². The van der Waals surface area contributed by atoms with Crippen LogP contribution in [0.5, 0.6) is 0 Å². The van der Waals surface area contributed by atoms with Crippen LogP contribution in [-0.4, -0.2) is 27.3 Å². The van der Waals surface area contributed by atoms with Gasteiger partial charge in [0.25, 0.3) is 10.0 Å². The number of aryl methyl sites for hydroxylation is 1. The number of hydrogen-bond acceptors (Lipinski definition) is 5. The molecule has 0 radical (unpaired) electrons. The molecule has 3 aromatic heterocycles. The Kier molecular flexibility index (Phi) is 4.35. The van der Waals surface area contributed by atoms with Crippen LogP contribution in [0.15, 0.2) is 53.8 Å². The van der Waals surface area contributed by atoms with Crippen LogP contribution in [0.1, 0.15) is 5.56 Å². The molecule has 0 spiro atoms. The Morgan fingerprint density at radius 1 is 1.07 bits per heavy atom. The second-order valence-electron chi connectivity index (χ2n) is 6.02. The van der Waals surface area contributed by atoms with Crippen molar-refractivity contribution in [3.8, 4) is 11.3 Å². The molecule has 0 bridgehead atoms. The predicted molar refractivity (Wildman–Crippen MR) is 99.4 cm³/mol. The zero-order valence-corrected chi connectivity index (χ0v) is 15.8. The lowest BCUT2D eigenvalue weighted by Gasteiger charge is -2.07. The van der Waals surface area contributed by atoms with Gasteiger partial charge in [0.15, 0.2) is 11.5 Å². The fourth-order valence-electron chi connectivity index (χ4n) is 2.78. The number of rotatable bonds is 3. The number of fused-ring (bicyclic) bond motifs is 1. The number of nitrogens with zero attached hydrogens (tertiary/aromatic N) is 4. The zero-order chi connectivity index (χ0) is 20.1. The normalized spacial score (nSPS) is 11.9. The van der Waals surface area contributed by atoms with Crippen molar-refractivity contribution in [1.82, 2.24) is 18.9 Å². The fraction of sp³-hybridized carbons (Fsp3) is 0.0556. The maximum Gasteiger partial charge on any atom is 0.269 e. The molecule has 142 valence electrons. The van der Waals surface area contributed by atoms with Crippen molar-refractivity contribution in [2.75, 3.05) is 0 Å². The summed E-state index contributed by atoms with van der Waals surface area (Å²) in [7, 11) is -4.07. The third-order valence-corrected chi connectivity index (χ3v) is 5.97. The molecular weight excluding hydrogens is 410 g/mol. The van der Waals surface area contributed by atoms with Gasteiger partial charge in [-0.05, 0) is 36.7 Å². The average molecular weight is 421 g/mol. The van der Waals surface area contributed by atoms with Crippen LogP contribution in [0, 0.1) is 18.6 Å². The molecule has 10 heteroatoms. The summed E-state index contributed by atoms with van der Waals surface area (Å²) in [5.41, 5.74) is 0.593. The summed E-state index contributed by atoms with van der Waals surface area (Å²) in [5, 5.41) is -0.160. The Balaban J connectivity index is 2.03. The molecular formula is C18H11ClF2N4O2S. The van der Waals surface area contributed by atoms with E-state index in [1.807, 2.05) is 6.92 Å². The van der Waals surface area contributed by atoms with E-state index in [4.69, 9.17) is 11.6 Å². The van der Waals surface area contributed by atoms with Crippen molar-refractivity contribution >= 4 is 32.7 Å². The minimum Gasteiger partial charge on any atom is -0.234 e. The minimum absolute atomic E-state index is 0.00821. The second kappa shape index (κ2) is 6.61. The molecule has 0 saturated carbocycles. The van der Waals surface area contributed by atoms with Crippen molar-refractivity contribution in [3.63, 3.8) is 0 Å². The van der Waals surface area contributed by atoms with Gasteiger partial charge in [-0.3, -0.25) is 0 Å². The number of aromatic nitrogens is 4.